The van der Waals surface area contributed by atoms with Crippen LogP contribution in [0.4, 0.5) is 34.0 Å². The Labute approximate surface area is 259 Å². The molecule has 4 aromatic rings. The van der Waals surface area contributed by atoms with E-state index in [0.717, 1.165) is 31.0 Å². The predicted molar refractivity (Wildman–Crippen MR) is 158 cm³/mol. The van der Waals surface area contributed by atoms with Crippen LogP contribution in [0.25, 0.3) is 22.6 Å². The van der Waals surface area contributed by atoms with Crippen molar-refractivity contribution in [2.75, 3.05) is 23.7 Å². The van der Waals surface area contributed by atoms with Gasteiger partial charge >= 0.3 is 12.3 Å². The Kier molecular flexibility index (Phi) is 8.89. The van der Waals surface area contributed by atoms with E-state index in [0.29, 0.717) is 23.7 Å². The Morgan fingerprint density at radius 1 is 1.16 bits per heavy atom. The highest BCUT2D eigenvalue weighted by Crippen LogP contribution is 2.43. The van der Waals surface area contributed by atoms with E-state index in [1.807, 2.05) is 0 Å². The van der Waals surface area contributed by atoms with Crippen LogP contribution >= 0.6 is 11.6 Å². The van der Waals surface area contributed by atoms with Gasteiger partial charge in [0.05, 0.1) is 24.1 Å². The van der Waals surface area contributed by atoms with Gasteiger partial charge < -0.3 is 20.4 Å². The van der Waals surface area contributed by atoms with Gasteiger partial charge in [-0.25, -0.2) is 32.6 Å². The SMILES string of the molecule is COC(=O)N[C@@H](C)CNc1nccc(-c2[nH]c(C3CC3)nc2-c2cc(Cl)cc(S(=O)(=O)Nc3ccc(C(F)(F)F)cc3)c2F)n1. The number of benzene rings is 2. The highest BCUT2D eigenvalue weighted by molar-refractivity contribution is 7.92. The first kappa shape index (κ1) is 32.0. The van der Waals surface area contributed by atoms with Crippen LogP contribution in [0.5, 0.6) is 0 Å². The van der Waals surface area contributed by atoms with Crippen molar-refractivity contribution in [3.05, 3.63) is 70.9 Å². The van der Waals surface area contributed by atoms with Crippen LogP contribution < -0.4 is 15.4 Å². The predicted octanol–water partition coefficient (Wildman–Crippen LogP) is 6.18. The smallest absolute Gasteiger partial charge is 0.416 e. The largest absolute Gasteiger partial charge is 0.453 e. The van der Waals surface area contributed by atoms with Gasteiger partial charge in [0.15, 0.2) is 5.82 Å². The van der Waals surface area contributed by atoms with Gasteiger partial charge in [0.25, 0.3) is 10.0 Å². The van der Waals surface area contributed by atoms with E-state index >= 15 is 4.39 Å². The quantitative estimate of drug-likeness (QED) is 0.146. The number of nitrogens with one attached hydrogen (secondary N) is 4. The molecule has 0 unspecified atom stereocenters. The molecule has 45 heavy (non-hydrogen) atoms. The number of aromatic nitrogens is 4. The van der Waals surface area contributed by atoms with Gasteiger partial charge in [0, 0.05) is 41.0 Å². The lowest BCUT2D eigenvalue weighted by Crippen LogP contribution is -2.37. The summed E-state index contributed by atoms with van der Waals surface area (Å²) in [5, 5.41) is 5.47. The third-order valence-electron chi connectivity index (χ3n) is 6.73. The second-order valence-electron chi connectivity index (χ2n) is 10.2. The van der Waals surface area contributed by atoms with E-state index in [4.69, 9.17) is 11.6 Å². The van der Waals surface area contributed by atoms with E-state index in [2.05, 4.69) is 40.0 Å². The van der Waals surface area contributed by atoms with Gasteiger partial charge in [-0.15, -0.1) is 0 Å². The maximum absolute atomic E-state index is 16.1. The summed E-state index contributed by atoms with van der Waals surface area (Å²) in [5.74, 6) is -0.344. The van der Waals surface area contributed by atoms with Crippen molar-refractivity contribution in [3.8, 4) is 22.6 Å². The number of hydrogen-bond donors (Lipinski definition) is 4. The van der Waals surface area contributed by atoms with Crippen LogP contribution in [0, 0.1) is 5.82 Å². The summed E-state index contributed by atoms with van der Waals surface area (Å²) >= 11 is 6.28. The van der Waals surface area contributed by atoms with Crippen molar-refractivity contribution in [1.29, 1.82) is 0 Å². The molecule has 1 saturated carbocycles. The Hall–Kier alpha value is -4.44. The van der Waals surface area contributed by atoms with Crippen LogP contribution in [0.15, 0.2) is 53.6 Å². The lowest BCUT2D eigenvalue weighted by molar-refractivity contribution is -0.137. The number of halogens is 5. The summed E-state index contributed by atoms with van der Waals surface area (Å²) in [6.45, 7) is 1.99. The first-order chi connectivity index (χ1) is 21.2. The lowest BCUT2D eigenvalue weighted by Gasteiger charge is -2.14. The number of rotatable bonds is 10. The van der Waals surface area contributed by atoms with Crippen molar-refractivity contribution in [3.63, 3.8) is 0 Å². The highest BCUT2D eigenvalue weighted by Gasteiger charge is 2.32. The minimum absolute atomic E-state index is 0.0493. The summed E-state index contributed by atoms with van der Waals surface area (Å²) in [5.41, 5.74) is -0.789. The Morgan fingerprint density at radius 3 is 2.51 bits per heavy atom. The highest BCUT2D eigenvalue weighted by atomic mass is 35.5. The first-order valence-electron chi connectivity index (χ1n) is 13.5. The number of anilines is 2. The summed E-state index contributed by atoms with van der Waals surface area (Å²) < 4.78 is 88.1. The second kappa shape index (κ2) is 12.5. The minimum Gasteiger partial charge on any atom is -0.453 e. The molecule has 0 saturated heterocycles. The van der Waals surface area contributed by atoms with Crippen molar-refractivity contribution < 1.29 is 35.5 Å². The molecule has 0 radical (unpaired) electrons. The molecular formula is C28H26ClF4N7O4S. The van der Waals surface area contributed by atoms with E-state index in [-0.39, 0.29) is 52.1 Å². The van der Waals surface area contributed by atoms with Crippen LogP contribution in [0.1, 0.15) is 37.1 Å². The van der Waals surface area contributed by atoms with Gasteiger partial charge in [0.1, 0.15) is 16.4 Å². The van der Waals surface area contributed by atoms with Crippen LogP contribution in [-0.4, -0.2) is 54.1 Å². The summed E-state index contributed by atoms with van der Waals surface area (Å²) in [6.07, 6.45) is -2.06. The van der Waals surface area contributed by atoms with Gasteiger partial charge in [-0.05, 0) is 62.2 Å². The van der Waals surface area contributed by atoms with Crippen molar-refractivity contribution in [2.24, 2.45) is 0 Å². The zero-order chi connectivity index (χ0) is 32.5. The number of carbonyl (C=O) groups excluding carboxylic acids is 1. The molecule has 1 fully saturated rings. The van der Waals surface area contributed by atoms with Gasteiger partial charge in [-0.3, -0.25) is 4.72 Å². The summed E-state index contributed by atoms with van der Waals surface area (Å²) in [7, 11) is -3.41. The molecule has 0 bridgehead atoms. The summed E-state index contributed by atoms with van der Waals surface area (Å²) in [6, 6.07) is 6.59. The number of ether oxygens (including phenoxy) is 1. The van der Waals surface area contributed by atoms with E-state index in [1.165, 1.54) is 19.4 Å². The zero-order valence-corrected chi connectivity index (χ0v) is 25.2. The van der Waals surface area contributed by atoms with E-state index in [9.17, 15) is 26.4 Å². The molecule has 1 amide bonds. The fraction of sp³-hybridized carbons (Fsp3) is 0.286. The van der Waals surface area contributed by atoms with E-state index < -0.39 is 38.6 Å². The van der Waals surface area contributed by atoms with Gasteiger partial charge in [-0.2, -0.15) is 13.2 Å². The second-order valence-corrected chi connectivity index (χ2v) is 12.3. The zero-order valence-electron chi connectivity index (χ0n) is 23.7. The van der Waals surface area contributed by atoms with Gasteiger partial charge in [-0.1, -0.05) is 11.6 Å². The number of aromatic amines is 1. The molecule has 238 valence electrons. The monoisotopic (exact) mass is 667 g/mol. The Balaban J connectivity index is 1.49. The molecule has 1 aliphatic rings. The molecule has 2 aromatic carbocycles. The fourth-order valence-electron chi connectivity index (χ4n) is 4.33. The molecule has 1 aliphatic carbocycles. The minimum atomic E-state index is -4.66. The molecule has 0 aliphatic heterocycles. The van der Waals surface area contributed by atoms with Gasteiger partial charge in [0.2, 0.25) is 5.95 Å². The standard InChI is InChI=1S/C28H26ClF4N7O4S/c1-14(36-27(41)44-2)13-35-26-34-10-9-20(37-26)24-23(38-25(39-24)15-3-4-15)19-11-17(29)12-21(22(19)30)45(42,43)40-18-7-5-16(6-8-18)28(31,32)33/h5-12,14-15,40H,3-4,13H2,1-2H3,(H,36,41)(H,38,39)(H,34,35,37)/t14-/m0/s1. The van der Waals surface area contributed by atoms with Crippen LogP contribution in [0.2, 0.25) is 5.02 Å². The number of amides is 1. The average Bonchev–Trinajstić information content (AvgIpc) is 3.75. The molecule has 2 heterocycles. The number of sulfonamides is 1. The molecule has 0 spiro atoms. The molecular weight excluding hydrogens is 642 g/mol. The number of carbonyl (C=O) groups is 1. The third kappa shape index (κ3) is 7.45. The summed E-state index contributed by atoms with van der Waals surface area (Å²) in [4.78, 5) is 27.1. The molecule has 2 aromatic heterocycles. The number of alkyl carbamates (subject to hydrolysis) is 1. The van der Waals surface area contributed by atoms with E-state index in [1.54, 1.807) is 13.0 Å². The molecule has 1 atom stereocenters. The molecule has 4 N–H and O–H groups in total. The average molecular weight is 668 g/mol. The number of imidazole rings is 1. The maximum Gasteiger partial charge on any atom is 0.416 e. The molecule has 5 rings (SSSR count). The maximum atomic E-state index is 16.1. The Morgan fingerprint density at radius 2 is 1.87 bits per heavy atom. The van der Waals surface area contributed by atoms with Crippen molar-refractivity contribution in [2.45, 2.75) is 42.8 Å². The molecule has 11 nitrogen and oxygen atoms in total. The number of methoxy groups -OCH3 is 1. The first-order valence-corrected chi connectivity index (χ1v) is 15.3. The number of hydrogen-bond acceptors (Lipinski definition) is 8. The van der Waals surface area contributed by atoms with Crippen molar-refractivity contribution >= 4 is 39.4 Å². The van der Waals surface area contributed by atoms with Crippen LogP contribution in [0.3, 0.4) is 0 Å². The molecule has 17 heteroatoms. The topological polar surface area (TPSA) is 151 Å². The number of alkyl halides is 3. The van der Waals surface area contributed by atoms with Crippen LogP contribution in [-0.2, 0) is 20.9 Å². The number of nitrogens with zero attached hydrogens (tertiary/aromatic N) is 3. The fourth-order valence-corrected chi connectivity index (χ4v) is 5.80. The number of H-pyrrole nitrogens is 1. The lowest BCUT2D eigenvalue weighted by atomic mass is 10.1. The third-order valence-corrected chi connectivity index (χ3v) is 8.33. The Bertz CT molecular complexity index is 1830. The van der Waals surface area contributed by atoms with Crippen molar-refractivity contribution in [1.82, 2.24) is 25.3 Å². The normalized spacial score (nSPS) is 14.1.